The lowest BCUT2D eigenvalue weighted by Gasteiger charge is -2.05. The molecule has 0 aliphatic rings. The summed E-state index contributed by atoms with van der Waals surface area (Å²) in [5.74, 6) is 0.252. The minimum atomic E-state index is -0.137. The molecule has 8 heteroatoms. The molecule has 106 valence electrons. The van der Waals surface area contributed by atoms with Crippen molar-refractivity contribution in [3.8, 4) is 0 Å². The van der Waals surface area contributed by atoms with Gasteiger partial charge >= 0.3 is 0 Å². The first-order valence-electron chi connectivity index (χ1n) is 6.13. The van der Waals surface area contributed by atoms with Crippen LogP contribution in [0.3, 0.4) is 0 Å². The molecule has 0 spiro atoms. The number of hydrogen-bond acceptors (Lipinski definition) is 6. The first kappa shape index (κ1) is 15.4. The largest absolute Gasteiger partial charge is 0.409 e. The fraction of sp³-hybridized carbons (Fsp3) is 0.636. The van der Waals surface area contributed by atoms with Crippen LogP contribution in [0.25, 0.3) is 0 Å². The van der Waals surface area contributed by atoms with Gasteiger partial charge in [-0.1, -0.05) is 23.5 Å². The highest BCUT2D eigenvalue weighted by Crippen LogP contribution is 2.19. The Bertz CT molecular complexity index is 444. The van der Waals surface area contributed by atoms with Gasteiger partial charge in [0.2, 0.25) is 0 Å². The minimum absolute atomic E-state index is 0.137. The van der Waals surface area contributed by atoms with E-state index in [-0.39, 0.29) is 17.7 Å². The van der Waals surface area contributed by atoms with Crippen molar-refractivity contribution in [2.75, 3.05) is 6.54 Å². The van der Waals surface area contributed by atoms with Crippen molar-refractivity contribution in [1.29, 1.82) is 0 Å². The number of hydrogen-bond donors (Lipinski definition) is 3. The number of oxime groups is 1. The molecule has 1 aromatic heterocycles. The monoisotopic (exact) mass is 285 g/mol. The zero-order valence-corrected chi connectivity index (χ0v) is 11.9. The Morgan fingerprint density at radius 2 is 2.26 bits per heavy atom. The van der Waals surface area contributed by atoms with Crippen LogP contribution in [0.1, 0.15) is 54.4 Å². The van der Waals surface area contributed by atoms with Crippen molar-refractivity contribution in [3.05, 3.63) is 10.6 Å². The number of nitrogens with two attached hydrogens (primary N) is 1. The van der Waals surface area contributed by atoms with Crippen LogP contribution in [0.4, 0.5) is 0 Å². The normalized spacial score (nSPS) is 11.8. The van der Waals surface area contributed by atoms with Gasteiger partial charge in [-0.05, 0) is 30.3 Å². The summed E-state index contributed by atoms with van der Waals surface area (Å²) < 4.78 is 3.81. The third-order valence-corrected chi connectivity index (χ3v) is 3.28. The van der Waals surface area contributed by atoms with E-state index in [1.165, 1.54) is 0 Å². The van der Waals surface area contributed by atoms with Gasteiger partial charge in [0.25, 0.3) is 5.91 Å². The molecule has 0 unspecified atom stereocenters. The zero-order valence-electron chi connectivity index (χ0n) is 11.1. The molecule has 1 aromatic rings. The molecule has 0 aliphatic heterocycles. The summed E-state index contributed by atoms with van der Waals surface area (Å²) >= 11 is 1.11. The molecule has 7 nitrogen and oxygen atoms in total. The van der Waals surface area contributed by atoms with Gasteiger partial charge in [-0.25, -0.2) is 0 Å². The van der Waals surface area contributed by atoms with Crippen LogP contribution in [0.2, 0.25) is 0 Å². The first-order chi connectivity index (χ1) is 9.06. The quantitative estimate of drug-likeness (QED) is 0.230. The van der Waals surface area contributed by atoms with E-state index < -0.39 is 0 Å². The maximum Gasteiger partial charge on any atom is 0.264 e. The van der Waals surface area contributed by atoms with Crippen molar-refractivity contribution in [3.63, 3.8) is 0 Å². The number of carbonyl (C=O) groups excluding carboxylic acids is 1. The lowest BCUT2D eigenvalue weighted by Crippen LogP contribution is -2.25. The van der Waals surface area contributed by atoms with E-state index in [0.29, 0.717) is 17.8 Å². The van der Waals surface area contributed by atoms with Gasteiger partial charge in [0.1, 0.15) is 10.7 Å². The Balaban J connectivity index is 2.33. The van der Waals surface area contributed by atoms with Gasteiger partial charge in [-0.15, -0.1) is 5.10 Å². The molecular weight excluding hydrogens is 266 g/mol. The summed E-state index contributed by atoms with van der Waals surface area (Å²) in [7, 11) is 0. The second-order valence-corrected chi connectivity index (χ2v) is 5.20. The second kappa shape index (κ2) is 7.67. The van der Waals surface area contributed by atoms with E-state index in [1.54, 1.807) is 0 Å². The van der Waals surface area contributed by atoms with Crippen molar-refractivity contribution >= 4 is 23.3 Å². The van der Waals surface area contributed by atoms with E-state index >= 15 is 0 Å². The molecular formula is C11H19N5O2S. The van der Waals surface area contributed by atoms with Gasteiger partial charge in [-0.2, -0.15) is 0 Å². The number of amides is 1. The molecule has 1 amide bonds. The summed E-state index contributed by atoms with van der Waals surface area (Å²) in [6.07, 6.45) is 2.05. The van der Waals surface area contributed by atoms with Gasteiger partial charge in [0.05, 0.1) is 5.69 Å². The van der Waals surface area contributed by atoms with E-state index in [4.69, 9.17) is 10.9 Å². The molecule has 1 heterocycles. The molecule has 0 saturated heterocycles. The summed E-state index contributed by atoms with van der Waals surface area (Å²) in [4.78, 5) is 12.5. The van der Waals surface area contributed by atoms with E-state index in [1.807, 2.05) is 13.8 Å². The van der Waals surface area contributed by atoms with Crippen LogP contribution in [0.5, 0.6) is 0 Å². The Morgan fingerprint density at radius 3 is 2.89 bits per heavy atom. The highest BCUT2D eigenvalue weighted by atomic mass is 32.1. The van der Waals surface area contributed by atoms with E-state index in [0.717, 1.165) is 30.1 Å². The van der Waals surface area contributed by atoms with Crippen LogP contribution in [-0.4, -0.2) is 33.1 Å². The highest BCUT2D eigenvalue weighted by Gasteiger charge is 2.17. The number of carbonyl (C=O) groups is 1. The number of rotatable bonds is 7. The summed E-state index contributed by atoms with van der Waals surface area (Å²) in [6, 6.07) is 0. The molecule has 19 heavy (non-hydrogen) atoms. The zero-order chi connectivity index (χ0) is 14.3. The van der Waals surface area contributed by atoms with Crippen LogP contribution in [0.15, 0.2) is 5.16 Å². The Kier molecular flexibility index (Phi) is 6.20. The standard InChI is InChI=1S/C11H19N5O2S/c1-7(2)9-10(19-16-14-9)11(17)13-6-4-3-5-8(12)15-18/h7,18H,3-6H2,1-2H3,(H2,12,15)(H,13,17). The predicted octanol–water partition coefficient (Wildman–Crippen LogP) is 1.31. The third kappa shape index (κ3) is 4.82. The first-order valence-corrected chi connectivity index (χ1v) is 6.90. The number of nitrogens with zero attached hydrogens (tertiary/aromatic N) is 3. The fourth-order valence-corrected chi connectivity index (χ4v) is 2.23. The maximum atomic E-state index is 11.9. The Hall–Kier alpha value is -1.70. The molecule has 0 radical (unpaired) electrons. The van der Waals surface area contributed by atoms with Crippen LogP contribution < -0.4 is 11.1 Å². The van der Waals surface area contributed by atoms with Gasteiger partial charge < -0.3 is 16.3 Å². The highest BCUT2D eigenvalue weighted by molar-refractivity contribution is 7.08. The van der Waals surface area contributed by atoms with Gasteiger partial charge in [0.15, 0.2) is 0 Å². The summed E-state index contributed by atoms with van der Waals surface area (Å²) in [5, 5.41) is 18.0. The lowest BCUT2D eigenvalue weighted by molar-refractivity contribution is 0.0955. The molecule has 0 atom stereocenters. The smallest absolute Gasteiger partial charge is 0.264 e. The molecule has 0 saturated carbocycles. The number of amidine groups is 1. The average molecular weight is 285 g/mol. The Morgan fingerprint density at radius 1 is 1.53 bits per heavy atom. The summed E-state index contributed by atoms with van der Waals surface area (Å²) in [5.41, 5.74) is 6.08. The van der Waals surface area contributed by atoms with Crippen molar-refractivity contribution < 1.29 is 10.0 Å². The lowest BCUT2D eigenvalue weighted by atomic mass is 10.1. The maximum absolute atomic E-state index is 11.9. The van der Waals surface area contributed by atoms with E-state index in [2.05, 4.69) is 20.1 Å². The van der Waals surface area contributed by atoms with Crippen molar-refractivity contribution in [2.24, 2.45) is 10.9 Å². The molecule has 0 fully saturated rings. The summed E-state index contributed by atoms with van der Waals surface area (Å²) in [6.45, 7) is 4.50. The molecule has 1 rings (SSSR count). The molecule has 0 aliphatic carbocycles. The number of unbranched alkanes of at least 4 members (excludes halogenated alkanes) is 1. The predicted molar refractivity (Wildman–Crippen MR) is 73.6 cm³/mol. The number of aromatic nitrogens is 2. The van der Waals surface area contributed by atoms with Crippen LogP contribution in [0, 0.1) is 0 Å². The SMILES string of the molecule is CC(C)c1nnsc1C(=O)NCCCCC(N)=NO. The van der Waals surface area contributed by atoms with Crippen molar-refractivity contribution in [2.45, 2.75) is 39.0 Å². The average Bonchev–Trinajstić information content (AvgIpc) is 2.87. The fourth-order valence-electron chi connectivity index (χ4n) is 1.50. The van der Waals surface area contributed by atoms with Gasteiger partial charge in [0, 0.05) is 13.0 Å². The van der Waals surface area contributed by atoms with Gasteiger partial charge in [-0.3, -0.25) is 4.79 Å². The third-order valence-electron chi connectivity index (χ3n) is 2.54. The molecule has 4 N–H and O–H groups in total. The topological polar surface area (TPSA) is 113 Å². The molecule has 0 bridgehead atoms. The minimum Gasteiger partial charge on any atom is -0.409 e. The van der Waals surface area contributed by atoms with Crippen LogP contribution >= 0.6 is 11.5 Å². The molecule has 0 aromatic carbocycles. The second-order valence-electron chi connectivity index (χ2n) is 4.45. The van der Waals surface area contributed by atoms with Crippen molar-refractivity contribution in [1.82, 2.24) is 14.9 Å². The Labute approximate surface area is 116 Å². The number of nitrogens with one attached hydrogen (secondary N) is 1. The van der Waals surface area contributed by atoms with E-state index in [9.17, 15) is 4.79 Å². The van der Waals surface area contributed by atoms with Crippen LogP contribution in [-0.2, 0) is 0 Å².